The van der Waals surface area contributed by atoms with E-state index in [0.29, 0.717) is 6.54 Å². The van der Waals surface area contributed by atoms with Gasteiger partial charge in [-0.15, -0.1) is 0 Å². The van der Waals surface area contributed by atoms with Crippen LogP contribution in [0.2, 0.25) is 0 Å². The van der Waals surface area contributed by atoms with E-state index in [-0.39, 0.29) is 0 Å². The molecule has 3 rings (SSSR count). The van der Waals surface area contributed by atoms with Crippen LogP contribution in [0.1, 0.15) is 11.3 Å². The lowest BCUT2D eigenvalue weighted by atomic mass is 10.0. The summed E-state index contributed by atoms with van der Waals surface area (Å²) in [5, 5.41) is 1.14. The van der Waals surface area contributed by atoms with Gasteiger partial charge in [-0.25, -0.2) is 0 Å². The van der Waals surface area contributed by atoms with Crippen LogP contribution in [-0.2, 0) is 6.54 Å². The molecule has 0 saturated carbocycles. The molecule has 2 heteroatoms. The Kier molecular flexibility index (Phi) is 2.65. The SMILES string of the molecule is Cc1ccc2oc(CN)c(-c3ccccc3)c2c1. The van der Waals surface area contributed by atoms with Crippen LogP contribution in [0.25, 0.3) is 22.1 Å². The zero-order valence-corrected chi connectivity index (χ0v) is 10.3. The third-order valence-electron chi connectivity index (χ3n) is 3.16. The molecule has 0 aliphatic heterocycles. The standard InChI is InChI=1S/C16H15NO/c1-11-7-8-14-13(9-11)16(15(10-17)18-14)12-5-3-2-4-6-12/h2-9H,10,17H2,1H3. The molecule has 2 N–H and O–H groups in total. The number of hydrogen-bond donors (Lipinski definition) is 1. The summed E-state index contributed by atoms with van der Waals surface area (Å²) < 4.78 is 5.83. The first-order valence-electron chi connectivity index (χ1n) is 6.07. The van der Waals surface area contributed by atoms with Crippen LogP contribution >= 0.6 is 0 Å². The van der Waals surface area contributed by atoms with Gasteiger partial charge < -0.3 is 10.2 Å². The van der Waals surface area contributed by atoms with E-state index in [1.165, 1.54) is 5.56 Å². The third-order valence-corrected chi connectivity index (χ3v) is 3.16. The number of fused-ring (bicyclic) bond motifs is 1. The van der Waals surface area contributed by atoms with Gasteiger partial charge in [-0.1, -0.05) is 42.0 Å². The maximum Gasteiger partial charge on any atom is 0.135 e. The van der Waals surface area contributed by atoms with Crippen molar-refractivity contribution in [3.05, 3.63) is 59.9 Å². The van der Waals surface area contributed by atoms with E-state index < -0.39 is 0 Å². The molecule has 2 nitrogen and oxygen atoms in total. The predicted molar refractivity (Wildman–Crippen MR) is 74.3 cm³/mol. The Morgan fingerprint density at radius 3 is 2.56 bits per heavy atom. The van der Waals surface area contributed by atoms with Gasteiger partial charge in [0.15, 0.2) is 0 Å². The topological polar surface area (TPSA) is 39.2 Å². The molecule has 0 spiro atoms. The summed E-state index contributed by atoms with van der Waals surface area (Å²) in [5.41, 5.74) is 10.2. The lowest BCUT2D eigenvalue weighted by molar-refractivity contribution is 0.554. The highest BCUT2D eigenvalue weighted by Crippen LogP contribution is 2.35. The molecule has 1 heterocycles. The van der Waals surface area contributed by atoms with Gasteiger partial charge in [0.05, 0.1) is 6.54 Å². The zero-order chi connectivity index (χ0) is 12.5. The first-order valence-corrected chi connectivity index (χ1v) is 6.07. The molecule has 0 amide bonds. The lowest BCUT2D eigenvalue weighted by Gasteiger charge is -2.01. The van der Waals surface area contributed by atoms with Crippen LogP contribution in [-0.4, -0.2) is 0 Å². The fourth-order valence-corrected chi connectivity index (χ4v) is 2.33. The van der Waals surface area contributed by atoms with E-state index in [2.05, 4.69) is 31.2 Å². The van der Waals surface area contributed by atoms with Crippen molar-refractivity contribution in [2.45, 2.75) is 13.5 Å². The number of rotatable bonds is 2. The molecule has 3 aromatic rings. The van der Waals surface area contributed by atoms with Crippen molar-refractivity contribution in [1.82, 2.24) is 0 Å². The Labute approximate surface area is 106 Å². The summed E-state index contributed by atoms with van der Waals surface area (Å²) >= 11 is 0. The molecule has 0 aliphatic rings. The second-order valence-electron chi connectivity index (χ2n) is 4.47. The molecule has 0 unspecified atom stereocenters. The summed E-state index contributed by atoms with van der Waals surface area (Å²) in [6, 6.07) is 16.5. The second-order valence-corrected chi connectivity index (χ2v) is 4.47. The maximum atomic E-state index is 5.83. The van der Waals surface area contributed by atoms with Crippen LogP contribution in [0.15, 0.2) is 52.9 Å². The van der Waals surface area contributed by atoms with Crippen molar-refractivity contribution in [3.8, 4) is 11.1 Å². The molecule has 90 valence electrons. The molecule has 0 aliphatic carbocycles. The molecular formula is C16H15NO. The monoisotopic (exact) mass is 237 g/mol. The van der Waals surface area contributed by atoms with E-state index in [0.717, 1.165) is 27.9 Å². The average molecular weight is 237 g/mol. The minimum absolute atomic E-state index is 0.415. The van der Waals surface area contributed by atoms with Crippen molar-refractivity contribution < 1.29 is 4.42 Å². The van der Waals surface area contributed by atoms with Gasteiger partial charge in [0.25, 0.3) is 0 Å². The fourth-order valence-electron chi connectivity index (χ4n) is 2.33. The fraction of sp³-hybridized carbons (Fsp3) is 0.125. The number of furan rings is 1. The molecule has 18 heavy (non-hydrogen) atoms. The lowest BCUT2D eigenvalue weighted by Crippen LogP contribution is -1.95. The van der Waals surface area contributed by atoms with Crippen molar-refractivity contribution >= 4 is 11.0 Å². The smallest absolute Gasteiger partial charge is 0.135 e. The van der Waals surface area contributed by atoms with Crippen LogP contribution in [0.4, 0.5) is 0 Å². The van der Waals surface area contributed by atoms with Crippen molar-refractivity contribution in [2.75, 3.05) is 0 Å². The summed E-state index contributed by atoms with van der Waals surface area (Å²) in [6.45, 7) is 2.50. The molecule has 1 aromatic heterocycles. The van der Waals surface area contributed by atoms with Gasteiger partial charge in [0.2, 0.25) is 0 Å². The number of hydrogen-bond acceptors (Lipinski definition) is 2. The average Bonchev–Trinajstić information content (AvgIpc) is 2.77. The highest BCUT2D eigenvalue weighted by Gasteiger charge is 2.14. The largest absolute Gasteiger partial charge is 0.459 e. The van der Waals surface area contributed by atoms with Crippen LogP contribution in [0.3, 0.4) is 0 Å². The number of aryl methyl sites for hydroxylation is 1. The number of nitrogens with two attached hydrogens (primary N) is 1. The Morgan fingerprint density at radius 2 is 1.83 bits per heavy atom. The number of benzene rings is 2. The van der Waals surface area contributed by atoms with Gasteiger partial charge in [-0.05, 0) is 24.6 Å². The first kappa shape index (κ1) is 11.1. The van der Waals surface area contributed by atoms with Crippen LogP contribution in [0, 0.1) is 6.92 Å². The predicted octanol–water partition coefficient (Wildman–Crippen LogP) is 3.87. The first-order chi connectivity index (χ1) is 8.79. The van der Waals surface area contributed by atoms with Gasteiger partial charge in [0, 0.05) is 10.9 Å². The van der Waals surface area contributed by atoms with Crippen LogP contribution in [0.5, 0.6) is 0 Å². The summed E-state index contributed by atoms with van der Waals surface area (Å²) in [6.07, 6.45) is 0. The van der Waals surface area contributed by atoms with E-state index in [4.69, 9.17) is 10.2 Å². The minimum Gasteiger partial charge on any atom is -0.459 e. The maximum absolute atomic E-state index is 5.83. The molecular weight excluding hydrogens is 222 g/mol. The van der Waals surface area contributed by atoms with Crippen molar-refractivity contribution in [3.63, 3.8) is 0 Å². The van der Waals surface area contributed by atoms with Gasteiger partial charge in [-0.2, -0.15) is 0 Å². The Balaban J connectivity index is 2.35. The summed E-state index contributed by atoms with van der Waals surface area (Å²) in [5.74, 6) is 0.849. The van der Waals surface area contributed by atoms with E-state index in [1.807, 2.05) is 24.3 Å². The van der Waals surface area contributed by atoms with E-state index in [9.17, 15) is 0 Å². The molecule has 0 radical (unpaired) electrons. The minimum atomic E-state index is 0.415. The Hall–Kier alpha value is -2.06. The summed E-state index contributed by atoms with van der Waals surface area (Å²) in [4.78, 5) is 0. The summed E-state index contributed by atoms with van der Waals surface area (Å²) in [7, 11) is 0. The Morgan fingerprint density at radius 1 is 1.06 bits per heavy atom. The van der Waals surface area contributed by atoms with Crippen molar-refractivity contribution in [2.24, 2.45) is 5.73 Å². The zero-order valence-electron chi connectivity index (χ0n) is 10.3. The quantitative estimate of drug-likeness (QED) is 0.735. The molecule has 0 atom stereocenters. The Bertz CT molecular complexity index is 683. The third kappa shape index (κ3) is 1.71. The van der Waals surface area contributed by atoms with Gasteiger partial charge in [-0.3, -0.25) is 0 Å². The normalized spacial score (nSPS) is 11.0. The van der Waals surface area contributed by atoms with Crippen molar-refractivity contribution in [1.29, 1.82) is 0 Å². The molecule has 0 saturated heterocycles. The highest BCUT2D eigenvalue weighted by atomic mass is 16.3. The van der Waals surface area contributed by atoms with E-state index >= 15 is 0 Å². The van der Waals surface area contributed by atoms with Gasteiger partial charge in [0.1, 0.15) is 11.3 Å². The van der Waals surface area contributed by atoms with Gasteiger partial charge >= 0.3 is 0 Å². The van der Waals surface area contributed by atoms with E-state index in [1.54, 1.807) is 0 Å². The highest BCUT2D eigenvalue weighted by molar-refractivity contribution is 5.96. The van der Waals surface area contributed by atoms with Crippen LogP contribution < -0.4 is 5.73 Å². The molecule has 0 bridgehead atoms. The molecule has 2 aromatic carbocycles. The molecule has 0 fully saturated rings. The second kappa shape index (κ2) is 4.31.